The van der Waals surface area contributed by atoms with Crippen molar-refractivity contribution in [2.45, 2.75) is 13.5 Å². The minimum Gasteiger partial charge on any atom is -0.493 e. The molecule has 0 aliphatic carbocycles. The number of methoxy groups -OCH3 is 1. The van der Waals surface area contributed by atoms with Crippen LogP contribution in [-0.2, 0) is 6.54 Å². The number of ether oxygens (including phenoxy) is 2. The quantitative estimate of drug-likeness (QED) is 0.675. The normalized spacial score (nSPS) is 14.1. The predicted molar refractivity (Wildman–Crippen MR) is 103 cm³/mol. The summed E-state index contributed by atoms with van der Waals surface area (Å²) in [5.41, 5.74) is 2.69. The predicted octanol–water partition coefficient (Wildman–Crippen LogP) is 3.27. The Bertz CT molecular complexity index is 1010. The number of benzene rings is 2. The molecule has 0 saturated heterocycles. The lowest BCUT2D eigenvalue weighted by Gasteiger charge is -2.11. The first-order valence-corrected chi connectivity index (χ1v) is 8.69. The number of nitrogens with zero attached hydrogens (tertiary/aromatic N) is 5. The van der Waals surface area contributed by atoms with E-state index in [0.29, 0.717) is 42.1 Å². The van der Waals surface area contributed by atoms with Gasteiger partial charge in [0.05, 0.1) is 20.3 Å². The van der Waals surface area contributed by atoms with Crippen molar-refractivity contribution in [1.29, 1.82) is 0 Å². The monoisotopic (exact) mass is 361 g/mol. The van der Waals surface area contributed by atoms with Crippen molar-refractivity contribution >= 4 is 17.5 Å². The third-order valence-corrected chi connectivity index (χ3v) is 4.15. The standard InChI is InChI=1S/C20H19N5O2/c1-3-27-16-10-9-15(11-17(16)26-2)18-19(25-20(24-18)22-13-23-25)21-12-14-7-5-4-6-8-14/h4-11,13H,3,12H2,1-2H3. The van der Waals surface area contributed by atoms with Gasteiger partial charge in [0.25, 0.3) is 5.95 Å². The Morgan fingerprint density at radius 3 is 2.70 bits per heavy atom. The number of rotatable bonds is 6. The van der Waals surface area contributed by atoms with Gasteiger partial charge in [0.1, 0.15) is 12.0 Å². The van der Waals surface area contributed by atoms with Crippen LogP contribution in [0.1, 0.15) is 18.1 Å². The van der Waals surface area contributed by atoms with Crippen LogP contribution in [0.4, 0.5) is 5.95 Å². The van der Waals surface area contributed by atoms with Crippen LogP contribution in [0.3, 0.4) is 0 Å². The van der Waals surface area contributed by atoms with Gasteiger partial charge in [-0.2, -0.15) is 14.8 Å². The maximum atomic E-state index is 5.60. The van der Waals surface area contributed by atoms with Crippen LogP contribution in [0.25, 0.3) is 0 Å². The topological polar surface area (TPSA) is 73.9 Å². The fourth-order valence-corrected chi connectivity index (χ4v) is 2.89. The summed E-state index contributed by atoms with van der Waals surface area (Å²) in [4.78, 5) is 13.6. The first kappa shape index (κ1) is 17.0. The molecule has 1 aromatic heterocycles. The van der Waals surface area contributed by atoms with Gasteiger partial charge in [-0.25, -0.2) is 4.99 Å². The highest BCUT2D eigenvalue weighted by Gasteiger charge is 2.26. The van der Waals surface area contributed by atoms with Crippen LogP contribution < -0.4 is 9.47 Å². The van der Waals surface area contributed by atoms with E-state index in [1.54, 1.807) is 11.8 Å². The summed E-state index contributed by atoms with van der Waals surface area (Å²) >= 11 is 0. The van der Waals surface area contributed by atoms with E-state index in [4.69, 9.17) is 14.5 Å². The molecule has 3 aromatic rings. The molecule has 0 spiro atoms. The Morgan fingerprint density at radius 1 is 1.07 bits per heavy atom. The molecule has 0 bridgehead atoms. The van der Waals surface area contributed by atoms with E-state index in [2.05, 4.69) is 15.1 Å². The van der Waals surface area contributed by atoms with Gasteiger partial charge in [-0.3, -0.25) is 4.99 Å². The van der Waals surface area contributed by atoms with E-state index in [1.807, 2.05) is 55.5 Å². The molecule has 136 valence electrons. The van der Waals surface area contributed by atoms with Crippen LogP contribution in [0.5, 0.6) is 11.5 Å². The Labute approximate surface area is 157 Å². The van der Waals surface area contributed by atoms with Crippen molar-refractivity contribution in [3.8, 4) is 11.5 Å². The summed E-state index contributed by atoms with van der Waals surface area (Å²) in [7, 11) is 1.62. The minimum absolute atomic E-state index is 0.518. The van der Waals surface area contributed by atoms with E-state index in [0.717, 1.165) is 11.1 Å². The zero-order chi connectivity index (χ0) is 18.6. The molecule has 2 aromatic carbocycles. The first-order valence-electron chi connectivity index (χ1n) is 8.69. The van der Waals surface area contributed by atoms with Gasteiger partial charge in [0.15, 0.2) is 17.3 Å². The zero-order valence-electron chi connectivity index (χ0n) is 15.2. The second kappa shape index (κ2) is 7.41. The SMILES string of the molecule is CCOc1ccc(C2=Nc3ncnn3C2=NCc2ccccc2)cc1OC. The molecular weight excluding hydrogens is 342 g/mol. The van der Waals surface area contributed by atoms with E-state index in [1.165, 1.54) is 6.33 Å². The van der Waals surface area contributed by atoms with Crippen LogP contribution >= 0.6 is 0 Å². The number of hydrogen-bond donors (Lipinski definition) is 0. The highest BCUT2D eigenvalue weighted by atomic mass is 16.5. The number of fused-ring (bicyclic) bond motifs is 1. The smallest absolute Gasteiger partial charge is 0.254 e. The maximum Gasteiger partial charge on any atom is 0.254 e. The van der Waals surface area contributed by atoms with Gasteiger partial charge in [0, 0.05) is 5.56 Å². The highest BCUT2D eigenvalue weighted by molar-refractivity contribution is 6.50. The molecule has 27 heavy (non-hydrogen) atoms. The van der Waals surface area contributed by atoms with Crippen LogP contribution in [-0.4, -0.2) is 40.0 Å². The van der Waals surface area contributed by atoms with Crippen molar-refractivity contribution in [2.24, 2.45) is 9.98 Å². The molecule has 7 heteroatoms. The summed E-state index contributed by atoms with van der Waals surface area (Å²) in [6.07, 6.45) is 1.48. The van der Waals surface area contributed by atoms with Gasteiger partial charge in [-0.15, -0.1) is 0 Å². The average molecular weight is 361 g/mol. The number of hydrogen-bond acceptors (Lipinski definition) is 6. The molecule has 1 aliphatic rings. The summed E-state index contributed by atoms with van der Waals surface area (Å²) in [6, 6.07) is 15.8. The summed E-state index contributed by atoms with van der Waals surface area (Å²) < 4.78 is 12.7. The number of aromatic nitrogens is 3. The first-order chi connectivity index (χ1) is 13.3. The molecule has 0 radical (unpaired) electrons. The maximum absolute atomic E-state index is 5.60. The zero-order valence-corrected chi connectivity index (χ0v) is 15.2. The fourth-order valence-electron chi connectivity index (χ4n) is 2.89. The highest BCUT2D eigenvalue weighted by Crippen LogP contribution is 2.30. The molecule has 0 N–H and O–H groups in total. The van der Waals surface area contributed by atoms with Gasteiger partial charge in [-0.1, -0.05) is 30.3 Å². The molecule has 1 aliphatic heterocycles. The third-order valence-electron chi connectivity index (χ3n) is 4.15. The molecule has 0 fully saturated rings. The molecule has 4 rings (SSSR count). The fraction of sp³-hybridized carbons (Fsp3) is 0.200. The van der Waals surface area contributed by atoms with Crippen molar-refractivity contribution in [3.63, 3.8) is 0 Å². The average Bonchev–Trinajstić information content (AvgIpc) is 3.29. The van der Waals surface area contributed by atoms with Crippen molar-refractivity contribution in [1.82, 2.24) is 14.8 Å². The van der Waals surface area contributed by atoms with Crippen LogP contribution in [0.15, 0.2) is 64.8 Å². The Morgan fingerprint density at radius 2 is 1.93 bits per heavy atom. The molecule has 0 unspecified atom stereocenters. The van der Waals surface area contributed by atoms with E-state index in [9.17, 15) is 0 Å². The second-order valence-corrected chi connectivity index (χ2v) is 5.86. The molecule has 0 amide bonds. The van der Waals surface area contributed by atoms with Crippen molar-refractivity contribution in [3.05, 3.63) is 66.0 Å². The lowest BCUT2D eigenvalue weighted by molar-refractivity contribution is 0.311. The van der Waals surface area contributed by atoms with Gasteiger partial charge >= 0.3 is 0 Å². The molecule has 2 heterocycles. The molecule has 7 nitrogen and oxygen atoms in total. The Hall–Kier alpha value is -3.48. The third kappa shape index (κ3) is 3.31. The minimum atomic E-state index is 0.518. The van der Waals surface area contributed by atoms with Crippen LogP contribution in [0, 0.1) is 0 Å². The van der Waals surface area contributed by atoms with E-state index >= 15 is 0 Å². The number of aliphatic imine (C=N–C) groups is 2. The lowest BCUT2D eigenvalue weighted by Crippen LogP contribution is -2.20. The van der Waals surface area contributed by atoms with Crippen molar-refractivity contribution in [2.75, 3.05) is 13.7 Å². The van der Waals surface area contributed by atoms with E-state index < -0.39 is 0 Å². The largest absolute Gasteiger partial charge is 0.493 e. The molecular formula is C20H19N5O2. The Balaban J connectivity index is 1.71. The lowest BCUT2D eigenvalue weighted by atomic mass is 10.1. The van der Waals surface area contributed by atoms with E-state index in [-0.39, 0.29) is 0 Å². The summed E-state index contributed by atoms with van der Waals surface area (Å²) in [5, 5.41) is 4.26. The van der Waals surface area contributed by atoms with Gasteiger partial charge < -0.3 is 9.47 Å². The molecule has 0 atom stereocenters. The Kier molecular flexibility index (Phi) is 4.65. The van der Waals surface area contributed by atoms with Crippen molar-refractivity contribution < 1.29 is 9.47 Å². The van der Waals surface area contributed by atoms with Gasteiger partial charge in [-0.05, 0) is 30.7 Å². The summed E-state index contributed by atoms with van der Waals surface area (Å²) in [6.45, 7) is 3.04. The van der Waals surface area contributed by atoms with Gasteiger partial charge in [0.2, 0.25) is 0 Å². The van der Waals surface area contributed by atoms with Crippen LogP contribution in [0.2, 0.25) is 0 Å². The summed E-state index contributed by atoms with van der Waals surface area (Å²) in [5.74, 6) is 2.53. The molecule has 0 saturated carbocycles. The second-order valence-electron chi connectivity index (χ2n) is 5.86.